The molecule has 0 spiro atoms. The fourth-order valence-corrected chi connectivity index (χ4v) is 4.80. The highest BCUT2D eigenvalue weighted by atomic mass is 35.5. The molecular formula is C16H19ClN2O4S2. The van der Waals surface area contributed by atoms with Gasteiger partial charge in [-0.2, -0.15) is 4.31 Å². The lowest BCUT2D eigenvalue weighted by atomic mass is 10.3. The average molecular weight is 403 g/mol. The van der Waals surface area contributed by atoms with E-state index in [1.165, 1.54) is 19.2 Å². The van der Waals surface area contributed by atoms with Crippen molar-refractivity contribution in [1.29, 1.82) is 0 Å². The van der Waals surface area contributed by atoms with Gasteiger partial charge in [-0.25, -0.2) is 8.42 Å². The molecule has 1 amide bonds. The number of nitrogens with one attached hydrogen (secondary N) is 1. The van der Waals surface area contributed by atoms with Gasteiger partial charge in [0.2, 0.25) is 5.91 Å². The minimum atomic E-state index is -3.75. The Morgan fingerprint density at radius 2 is 2.00 bits per heavy atom. The molecule has 1 N–H and O–H groups in total. The summed E-state index contributed by atoms with van der Waals surface area (Å²) >= 11 is 6.74. The van der Waals surface area contributed by atoms with E-state index in [1.807, 2.05) is 6.92 Å². The number of nitrogens with zero attached hydrogens (tertiary/aromatic N) is 1. The molecule has 0 fully saturated rings. The third-order valence-electron chi connectivity index (χ3n) is 3.20. The predicted molar refractivity (Wildman–Crippen MR) is 100 cm³/mol. The van der Waals surface area contributed by atoms with Crippen LogP contribution in [-0.2, 0) is 14.8 Å². The van der Waals surface area contributed by atoms with Crippen molar-refractivity contribution in [3.05, 3.63) is 40.7 Å². The highest BCUT2D eigenvalue weighted by Gasteiger charge is 2.25. The summed E-state index contributed by atoms with van der Waals surface area (Å²) in [7, 11) is -2.41. The van der Waals surface area contributed by atoms with E-state index >= 15 is 0 Å². The molecule has 0 aliphatic heterocycles. The zero-order valence-corrected chi connectivity index (χ0v) is 16.2. The molecule has 0 unspecified atom stereocenters. The van der Waals surface area contributed by atoms with E-state index in [1.54, 1.807) is 24.3 Å². The van der Waals surface area contributed by atoms with Gasteiger partial charge in [-0.1, -0.05) is 30.7 Å². The summed E-state index contributed by atoms with van der Waals surface area (Å²) in [6.07, 6.45) is 0.840. The molecule has 0 saturated carbocycles. The van der Waals surface area contributed by atoms with Crippen molar-refractivity contribution < 1.29 is 17.9 Å². The Kier molecular flexibility index (Phi) is 6.83. The fraction of sp³-hybridized carbons (Fsp3) is 0.312. The Bertz CT molecular complexity index is 836. The van der Waals surface area contributed by atoms with E-state index in [2.05, 4.69) is 5.32 Å². The normalized spacial score (nSPS) is 11.5. The number of likely N-dealkylation sites (N-methyl/N-ethyl adjacent to an activating group) is 1. The first-order valence-electron chi connectivity index (χ1n) is 7.58. The largest absolute Gasteiger partial charge is 0.491 e. The van der Waals surface area contributed by atoms with Crippen LogP contribution < -0.4 is 10.1 Å². The SMILES string of the molecule is CCCOc1ccccc1NC(=O)CN(C)S(=O)(=O)c1ccc(Cl)s1. The number of halogens is 1. The number of benzene rings is 1. The van der Waals surface area contributed by atoms with Crippen LogP contribution in [0.5, 0.6) is 5.75 Å². The van der Waals surface area contributed by atoms with Gasteiger partial charge in [0, 0.05) is 7.05 Å². The van der Waals surface area contributed by atoms with Gasteiger partial charge in [0.15, 0.2) is 0 Å². The van der Waals surface area contributed by atoms with E-state index in [0.717, 1.165) is 22.1 Å². The number of carbonyl (C=O) groups is 1. The number of anilines is 1. The van der Waals surface area contributed by atoms with Crippen LogP contribution >= 0.6 is 22.9 Å². The summed E-state index contributed by atoms with van der Waals surface area (Å²) in [5.41, 5.74) is 0.505. The number of rotatable bonds is 8. The molecule has 2 rings (SSSR count). The second-order valence-corrected chi connectivity index (χ2v) is 9.20. The molecule has 25 heavy (non-hydrogen) atoms. The summed E-state index contributed by atoms with van der Waals surface area (Å²) in [4.78, 5) is 12.2. The lowest BCUT2D eigenvalue weighted by Crippen LogP contribution is -2.34. The first-order valence-corrected chi connectivity index (χ1v) is 10.2. The monoisotopic (exact) mass is 402 g/mol. The third kappa shape index (κ3) is 5.18. The van der Waals surface area contributed by atoms with Gasteiger partial charge in [0.1, 0.15) is 9.96 Å². The molecule has 9 heteroatoms. The number of para-hydroxylation sites is 2. The van der Waals surface area contributed by atoms with E-state index in [4.69, 9.17) is 16.3 Å². The molecule has 0 radical (unpaired) electrons. The fourth-order valence-electron chi connectivity index (χ4n) is 1.97. The van der Waals surface area contributed by atoms with Crippen LogP contribution in [0.25, 0.3) is 0 Å². The Hall–Kier alpha value is -1.61. The number of ether oxygens (including phenoxy) is 1. The predicted octanol–water partition coefficient (Wildman–Crippen LogP) is 3.45. The Morgan fingerprint density at radius 3 is 2.64 bits per heavy atom. The van der Waals surface area contributed by atoms with Crippen LogP contribution in [-0.4, -0.2) is 38.8 Å². The molecule has 0 saturated heterocycles. The standard InChI is InChI=1S/C16H19ClN2O4S2/c1-3-10-23-13-7-5-4-6-12(13)18-15(20)11-19(2)25(21,22)16-9-8-14(17)24-16/h4-9H,3,10-11H2,1-2H3,(H,18,20). The van der Waals surface area contributed by atoms with E-state index in [0.29, 0.717) is 22.4 Å². The van der Waals surface area contributed by atoms with Crippen molar-refractivity contribution in [3.63, 3.8) is 0 Å². The molecule has 136 valence electrons. The third-order valence-corrected chi connectivity index (χ3v) is 6.70. The van der Waals surface area contributed by atoms with Crippen molar-refractivity contribution in [2.24, 2.45) is 0 Å². The summed E-state index contributed by atoms with van der Waals surface area (Å²) in [6.45, 7) is 2.19. The van der Waals surface area contributed by atoms with Crippen LogP contribution in [0, 0.1) is 0 Å². The number of hydrogen-bond donors (Lipinski definition) is 1. The number of thiophene rings is 1. The summed E-state index contributed by atoms with van der Waals surface area (Å²) in [5.74, 6) is 0.0922. The van der Waals surface area contributed by atoms with Crippen molar-refractivity contribution >= 4 is 44.6 Å². The summed E-state index contributed by atoms with van der Waals surface area (Å²) in [5, 5.41) is 2.69. The van der Waals surface area contributed by atoms with Crippen molar-refractivity contribution in [1.82, 2.24) is 4.31 Å². The Morgan fingerprint density at radius 1 is 1.28 bits per heavy atom. The zero-order valence-electron chi connectivity index (χ0n) is 13.9. The lowest BCUT2D eigenvalue weighted by Gasteiger charge is -2.17. The number of hydrogen-bond acceptors (Lipinski definition) is 5. The maximum atomic E-state index is 12.4. The van der Waals surface area contributed by atoms with Gasteiger partial charge in [0.25, 0.3) is 10.0 Å². The van der Waals surface area contributed by atoms with Crippen LogP contribution in [0.2, 0.25) is 4.34 Å². The Labute approximate surface area is 156 Å². The van der Waals surface area contributed by atoms with Crippen molar-refractivity contribution in [2.75, 3.05) is 25.5 Å². The Balaban J connectivity index is 2.05. The molecule has 1 heterocycles. The quantitative estimate of drug-likeness (QED) is 0.733. The molecule has 0 atom stereocenters. The molecule has 1 aromatic heterocycles. The summed E-state index contributed by atoms with van der Waals surface area (Å²) < 4.78 is 31.9. The minimum Gasteiger partial charge on any atom is -0.491 e. The van der Waals surface area contributed by atoms with Gasteiger partial charge in [-0.05, 0) is 30.7 Å². The van der Waals surface area contributed by atoms with Gasteiger partial charge in [-0.15, -0.1) is 11.3 Å². The molecule has 0 aliphatic rings. The molecular weight excluding hydrogens is 384 g/mol. The van der Waals surface area contributed by atoms with E-state index in [9.17, 15) is 13.2 Å². The maximum Gasteiger partial charge on any atom is 0.252 e. The van der Waals surface area contributed by atoms with Crippen LogP contribution in [0.4, 0.5) is 5.69 Å². The first-order chi connectivity index (χ1) is 11.8. The number of sulfonamides is 1. The van der Waals surface area contributed by atoms with Gasteiger partial charge in [-0.3, -0.25) is 4.79 Å². The summed E-state index contributed by atoms with van der Waals surface area (Å²) in [6, 6.07) is 9.95. The molecule has 1 aromatic carbocycles. The van der Waals surface area contributed by atoms with Gasteiger partial charge in [0.05, 0.1) is 23.2 Å². The second-order valence-electron chi connectivity index (χ2n) is 5.21. The average Bonchev–Trinajstić information content (AvgIpc) is 3.01. The molecule has 2 aromatic rings. The smallest absolute Gasteiger partial charge is 0.252 e. The highest BCUT2D eigenvalue weighted by Crippen LogP contribution is 2.28. The van der Waals surface area contributed by atoms with Crippen LogP contribution in [0.3, 0.4) is 0 Å². The number of amides is 1. The maximum absolute atomic E-state index is 12.4. The second kappa shape index (κ2) is 8.66. The first kappa shape index (κ1) is 19.7. The van der Waals surface area contributed by atoms with Crippen LogP contribution in [0.1, 0.15) is 13.3 Å². The zero-order chi connectivity index (χ0) is 18.4. The minimum absolute atomic E-state index is 0.0967. The van der Waals surface area contributed by atoms with Gasteiger partial charge >= 0.3 is 0 Å². The molecule has 6 nitrogen and oxygen atoms in total. The van der Waals surface area contributed by atoms with Crippen LogP contribution in [0.15, 0.2) is 40.6 Å². The van der Waals surface area contributed by atoms with E-state index < -0.39 is 15.9 Å². The topological polar surface area (TPSA) is 75.7 Å². The number of carbonyl (C=O) groups excluding carboxylic acids is 1. The lowest BCUT2D eigenvalue weighted by molar-refractivity contribution is -0.116. The van der Waals surface area contributed by atoms with Gasteiger partial charge < -0.3 is 10.1 Å². The van der Waals surface area contributed by atoms with Crippen molar-refractivity contribution in [3.8, 4) is 5.75 Å². The molecule has 0 bridgehead atoms. The molecule has 0 aliphatic carbocycles. The van der Waals surface area contributed by atoms with E-state index in [-0.39, 0.29) is 10.8 Å². The highest BCUT2D eigenvalue weighted by molar-refractivity contribution is 7.91. The van der Waals surface area contributed by atoms with Crippen molar-refractivity contribution in [2.45, 2.75) is 17.6 Å².